The molecule has 0 radical (unpaired) electrons. The van der Waals surface area contributed by atoms with Gasteiger partial charge >= 0.3 is 0 Å². The van der Waals surface area contributed by atoms with Crippen LogP contribution in [0.3, 0.4) is 0 Å². The molecule has 0 spiro atoms. The summed E-state index contributed by atoms with van der Waals surface area (Å²) >= 11 is 11.7. The summed E-state index contributed by atoms with van der Waals surface area (Å²) in [7, 11) is 1.92. The van der Waals surface area contributed by atoms with Crippen LogP contribution in [0.15, 0.2) is 59.8 Å². The molecule has 4 nitrogen and oxygen atoms in total. The summed E-state index contributed by atoms with van der Waals surface area (Å²) in [4.78, 5) is 14.5. The highest BCUT2D eigenvalue weighted by molar-refractivity contribution is 7.80. The van der Waals surface area contributed by atoms with Crippen molar-refractivity contribution in [1.82, 2.24) is 10.2 Å². The molecule has 1 N–H and O–H groups in total. The lowest BCUT2D eigenvalue weighted by molar-refractivity contribution is -0.116. The molecule has 2 aromatic carbocycles. The Morgan fingerprint density at radius 1 is 1.18 bits per heavy atom. The summed E-state index contributed by atoms with van der Waals surface area (Å²) < 4.78 is 5.86. The Bertz CT molecular complexity index is 955. The molecule has 28 heavy (non-hydrogen) atoms. The highest BCUT2D eigenvalue weighted by Crippen LogP contribution is 2.37. The molecule has 1 aliphatic carbocycles. The Morgan fingerprint density at radius 3 is 2.68 bits per heavy atom. The summed E-state index contributed by atoms with van der Waals surface area (Å²) in [5.41, 5.74) is 3.83. The second-order valence-corrected chi connectivity index (χ2v) is 7.82. The van der Waals surface area contributed by atoms with Gasteiger partial charge in [0.2, 0.25) is 0 Å². The number of benzene rings is 2. The fourth-order valence-corrected chi connectivity index (χ4v) is 4.14. The lowest BCUT2D eigenvalue weighted by Gasteiger charge is -2.39. The van der Waals surface area contributed by atoms with Crippen molar-refractivity contribution in [2.45, 2.75) is 31.9 Å². The van der Waals surface area contributed by atoms with E-state index in [9.17, 15) is 4.79 Å². The number of halogens is 1. The summed E-state index contributed by atoms with van der Waals surface area (Å²) in [6, 6.07) is 15.2. The minimum Gasteiger partial charge on any atom is -0.489 e. The maximum absolute atomic E-state index is 12.6. The average molecular weight is 413 g/mol. The summed E-state index contributed by atoms with van der Waals surface area (Å²) in [5.74, 6) is 0.954. The van der Waals surface area contributed by atoms with Gasteiger partial charge in [-0.2, -0.15) is 0 Å². The molecule has 1 aliphatic heterocycles. The van der Waals surface area contributed by atoms with Crippen LogP contribution in [0.1, 0.15) is 36.4 Å². The second kappa shape index (κ2) is 7.94. The number of carbonyl (C=O) groups excluding carboxylic acids is 1. The summed E-state index contributed by atoms with van der Waals surface area (Å²) in [6.07, 6.45) is 2.36. The van der Waals surface area contributed by atoms with E-state index in [2.05, 4.69) is 5.32 Å². The Balaban J connectivity index is 1.55. The number of nitrogens with zero attached hydrogens (tertiary/aromatic N) is 1. The molecular formula is C22H21ClN2O2S. The van der Waals surface area contributed by atoms with Crippen molar-refractivity contribution < 1.29 is 9.53 Å². The van der Waals surface area contributed by atoms with E-state index in [1.807, 2.05) is 60.5 Å². The van der Waals surface area contributed by atoms with Gasteiger partial charge in [-0.1, -0.05) is 41.9 Å². The number of ketones is 1. The molecule has 0 saturated carbocycles. The van der Waals surface area contributed by atoms with Gasteiger partial charge in [-0.15, -0.1) is 0 Å². The Morgan fingerprint density at radius 2 is 1.93 bits per heavy atom. The first kappa shape index (κ1) is 19.0. The van der Waals surface area contributed by atoms with Crippen molar-refractivity contribution in [3.05, 3.63) is 76.0 Å². The van der Waals surface area contributed by atoms with E-state index in [0.717, 1.165) is 41.0 Å². The van der Waals surface area contributed by atoms with Crippen LogP contribution in [-0.4, -0.2) is 22.8 Å². The van der Waals surface area contributed by atoms with Gasteiger partial charge in [-0.05, 0) is 48.8 Å². The molecule has 2 aromatic rings. The zero-order valence-corrected chi connectivity index (χ0v) is 17.1. The van der Waals surface area contributed by atoms with Crippen molar-refractivity contribution in [1.29, 1.82) is 0 Å². The number of ether oxygens (including phenoxy) is 1. The highest BCUT2D eigenvalue weighted by Gasteiger charge is 2.35. The van der Waals surface area contributed by atoms with Crippen molar-refractivity contribution >= 4 is 34.7 Å². The van der Waals surface area contributed by atoms with Gasteiger partial charge in [-0.3, -0.25) is 4.79 Å². The van der Waals surface area contributed by atoms with Crippen LogP contribution in [0.25, 0.3) is 0 Å². The Hall–Kier alpha value is -2.37. The van der Waals surface area contributed by atoms with Crippen molar-refractivity contribution in [2.24, 2.45) is 0 Å². The lowest BCUT2D eigenvalue weighted by Crippen LogP contribution is -2.47. The van der Waals surface area contributed by atoms with E-state index in [4.69, 9.17) is 28.6 Å². The third-order valence-electron chi connectivity index (χ3n) is 5.26. The minimum atomic E-state index is -0.205. The quantitative estimate of drug-likeness (QED) is 0.731. The van der Waals surface area contributed by atoms with Crippen molar-refractivity contribution in [3.63, 3.8) is 0 Å². The molecule has 0 saturated heterocycles. The first-order valence-electron chi connectivity index (χ1n) is 9.31. The number of allylic oxidation sites excluding steroid dienone is 1. The number of hydrogen-bond donors (Lipinski definition) is 1. The van der Waals surface area contributed by atoms with E-state index < -0.39 is 0 Å². The van der Waals surface area contributed by atoms with Crippen LogP contribution in [0.5, 0.6) is 5.75 Å². The molecule has 4 rings (SSSR count). The van der Waals surface area contributed by atoms with E-state index >= 15 is 0 Å². The van der Waals surface area contributed by atoms with E-state index in [0.29, 0.717) is 23.2 Å². The lowest BCUT2D eigenvalue weighted by atomic mass is 9.85. The van der Waals surface area contributed by atoms with Crippen LogP contribution < -0.4 is 10.1 Å². The molecule has 1 unspecified atom stereocenters. The monoisotopic (exact) mass is 412 g/mol. The third kappa shape index (κ3) is 3.64. The maximum atomic E-state index is 12.6. The number of nitrogens with one attached hydrogen (secondary N) is 1. The predicted molar refractivity (Wildman–Crippen MR) is 114 cm³/mol. The number of carbonyl (C=O) groups is 1. The largest absolute Gasteiger partial charge is 0.489 e. The topological polar surface area (TPSA) is 41.6 Å². The minimum absolute atomic E-state index is 0.201. The first-order valence-corrected chi connectivity index (χ1v) is 10.1. The molecule has 144 valence electrons. The fourth-order valence-electron chi connectivity index (χ4n) is 3.72. The number of Topliss-reactive ketones (excluding diaryl/α,β-unsaturated/α-hetero) is 1. The molecule has 0 bridgehead atoms. The van der Waals surface area contributed by atoms with Crippen LogP contribution >= 0.6 is 23.8 Å². The molecule has 6 heteroatoms. The van der Waals surface area contributed by atoms with E-state index in [1.54, 1.807) is 0 Å². The highest BCUT2D eigenvalue weighted by atomic mass is 35.5. The normalized spacial score (nSPS) is 19.4. The first-order chi connectivity index (χ1) is 13.5. The molecule has 0 fully saturated rings. The van der Waals surface area contributed by atoms with Crippen LogP contribution in [0.4, 0.5) is 0 Å². The van der Waals surface area contributed by atoms with Gasteiger partial charge < -0.3 is 15.0 Å². The third-order valence-corrected chi connectivity index (χ3v) is 6.02. The van der Waals surface area contributed by atoms with Gasteiger partial charge in [0.05, 0.1) is 6.04 Å². The predicted octanol–water partition coefficient (Wildman–Crippen LogP) is 4.79. The summed E-state index contributed by atoms with van der Waals surface area (Å²) in [6.45, 7) is 0.406. The van der Waals surface area contributed by atoms with Gasteiger partial charge in [0.1, 0.15) is 12.4 Å². The van der Waals surface area contributed by atoms with Gasteiger partial charge in [-0.25, -0.2) is 0 Å². The second-order valence-electron chi connectivity index (χ2n) is 7.03. The number of rotatable bonds is 4. The smallest absolute Gasteiger partial charge is 0.173 e. The van der Waals surface area contributed by atoms with Crippen LogP contribution in [0, 0.1) is 0 Å². The zero-order chi connectivity index (χ0) is 19.7. The van der Waals surface area contributed by atoms with Gasteiger partial charge in [0.15, 0.2) is 10.9 Å². The maximum Gasteiger partial charge on any atom is 0.173 e. The standard InChI is InChI=1S/C22H21ClN2O2S/c1-25-18-7-4-8-19(26)20(18)21(24-22(25)28)14-9-11-16(12-10-14)27-13-15-5-2-3-6-17(15)23/h2-3,5-6,9-12,21H,4,7-8,13H2,1H3,(H,24,28). The van der Waals surface area contributed by atoms with E-state index in [-0.39, 0.29) is 11.8 Å². The zero-order valence-electron chi connectivity index (χ0n) is 15.6. The molecule has 0 amide bonds. The van der Waals surface area contributed by atoms with Crippen LogP contribution in [0.2, 0.25) is 5.02 Å². The van der Waals surface area contributed by atoms with Crippen molar-refractivity contribution in [2.75, 3.05) is 7.05 Å². The molecule has 0 aromatic heterocycles. The average Bonchev–Trinajstić information content (AvgIpc) is 2.71. The van der Waals surface area contributed by atoms with Gasteiger partial charge in [0, 0.05) is 35.3 Å². The molecule has 1 atom stereocenters. The van der Waals surface area contributed by atoms with Crippen LogP contribution in [-0.2, 0) is 11.4 Å². The number of thiocarbonyl (C=S) groups is 1. The Labute approximate surface area is 175 Å². The van der Waals surface area contributed by atoms with E-state index in [1.165, 1.54) is 0 Å². The number of hydrogen-bond acceptors (Lipinski definition) is 3. The molecule has 2 aliphatic rings. The van der Waals surface area contributed by atoms with Gasteiger partial charge in [0.25, 0.3) is 0 Å². The summed E-state index contributed by atoms with van der Waals surface area (Å²) in [5, 5.41) is 4.66. The van der Waals surface area contributed by atoms with Crippen molar-refractivity contribution in [3.8, 4) is 5.75 Å². The fraction of sp³-hybridized carbons (Fsp3) is 0.273. The Kier molecular flexibility index (Phi) is 5.38. The SMILES string of the molecule is CN1C(=S)NC(c2ccc(OCc3ccccc3Cl)cc2)C2=C1CCCC2=O. The molecular weight excluding hydrogens is 392 g/mol. The molecule has 1 heterocycles.